The van der Waals surface area contributed by atoms with Gasteiger partial charge in [-0.1, -0.05) is 37.3 Å². The molecule has 1 aromatic rings. The van der Waals surface area contributed by atoms with Crippen LogP contribution in [0.1, 0.15) is 38.8 Å². The van der Waals surface area contributed by atoms with E-state index >= 15 is 0 Å². The largest absolute Gasteiger partial charge is 0.311 e. The van der Waals surface area contributed by atoms with E-state index in [9.17, 15) is 0 Å². The molecule has 0 aliphatic carbocycles. The molecule has 0 radical (unpaired) electrons. The van der Waals surface area contributed by atoms with Crippen LogP contribution in [-0.2, 0) is 0 Å². The maximum Gasteiger partial charge on any atom is 0.0324 e. The normalized spacial score (nSPS) is 27.9. The Bertz CT molecular complexity index is 336. The monoisotopic (exact) mass is 232 g/mol. The second-order valence-corrected chi connectivity index (χ2v) is 5.15. The van der Waals surface area contributed by atoms with Crippen molar-refractivity contribution in [2.45, 2.75) is 45.3 Å². The van der Waals surface area contributed by atoms with Gasteiger partial charge in [0, 0.05) is 31.2 Å². The Morgan fingerprint density at radius 2 is 2.06 bits per heavy atom. The minimum absolute atomic E-state index is 0.519. The maximum absolute atomic E-state index is 3.58. The van der Waals surface area contributed by atoms with Crippen molar-refractivity contribution in [3.05, 3.63) is 35.9 Å². The first kappa shape index (κ1) is 12.6. The van der Waals surface area contributed by atoms with Crippen molar-refractivity contribution < 1.29 is 0 Å². The number of nitrogens with zero attached hydrogens (tertiary/aromatic N) is 1. The quantitative estimate of drug-likeness (QED) is 0.862. The van der Waals surface area contributed by atoms with E-state index in [0.717, 1.165) is 13.1 Å². The predicted octanol–water partition coefficient (Wildman–Crippen LogP) is 2.82. The van der Waals surface area contributed by atoms with Gasteiger partial charge in [0.25, 0.3) is 0 Å². The molecule has 2 rings (SSSR count). The average Bonchev–Trinajstić information content (AvgIpc) is 2.39. The van der Waals surface area contributed by atoms with E-state index in [2.05, 4.69) is 61.3 Å². The van der Waals surface area contributed by atoms with Gasteiger partial charge in [-0.05, 0) is 25.8 Å². The zero-order chi connectivity index (χ0) is 12.3. The summed E-state index contributed by atoms with van der Waals surface area (Å²) in [5.41, 5.74) is 1.43. The summed E-state index contributed by atoms with van der Waals surface area (Å²) in [7, 11) is 0. The summed E-state index contributed by atoms with van der Waals surface area (Å²) >= 11 is 0. The SMILES string of the molecule is CCC1CNC(C)CN1C(C)c1ccccc1. The van der Waals surface area contributed by atoms with E-state index in [-0.39, 0.29) is 0 Å². The summed E-state index contributed by atoms with van der Waals surface area (Å²) in [6.45, 7) is 9.16. The van der Waals surface area contributed by atoms with Gasteiger partial charge in [0.1, 0.15) is 0 Å². The molecule has 94 valence electrons. The first-order valence-corrected chi connectivity index (χ1v) is 6.76. The molecule has 0 spiro atoms. The lowest BCUT2D eigenvalue weighted by atomic mass is 10.0. The van der Waals surface area contributed by atoms with Crippen LogP contribution in [0.5, 0.6) is 0 Å². The third kappa shape index (κ3) is 2.88. The molecule has 3 unspecified atom stereocenters. The summed E-state index contributed by atoms with van der Waals surface area (Å²) in [6, 6.07) is 12.6. The Hall–Kier alpha value is -0.860. The van der Waals surface area contributed by atoms with Gasteiger partial charge in [-0.25, -0.2) is 0 Å². The zero-order valence-electron chi connectivity index (χ0n) is 11.2. The lowest BCUT2D eigenvalue weighted by Gasteiger charge is -2.42. The Kier molecular flexibility index (Phi) is 4.19. The summed E-state index contributed by atoms with van der Waals surface area (Å²) in [6.07, 6.45) is 1.22. The highest BCUT2D eigenvalue weighted by molar-refractivity contribution is 5.18. The number of hydrogen-bond acceptors (Lipinski definition) is 2. The highest BCUT2D eigenvalue weighted by Gasteiger charge is 2.28. The topological polar surface area (TPSA) is 15.3 Å². The van der Waals surface area contributed by atoms with Gasteiger partial charge in [0.2, 0.25) is 0 Å². The second-order valence-electron chi connectivity index (χ2n) is 5.15. The van der Waals surface area contributed by atoms with Crippen LogP contribution in [0, 0.1) is 0 Å². The molecule has 0 bridgehead atoms. The zero-order valence-corrected chi connectivity index (χ0v) is 11.2. The smallest absolute Gasteiger partial charge is 0.0324 e. The molecule has 1 fully saturated rings. The highest BCUT2D eigenvalue weighted by atomic mass is 15.2. The van der Waals surface area contributed by atoms with Gasteiger partial charge in [0.05, 0.1) is 0 Å². The molecule has 0 amide bonds. The minimum atomic E-state index is 0.519. The maximum atomic E-state index is 3.58. The third-order valence-electron chi connectivity index (χ3n) is 3.91. The molecular weight excluding hydrogens is 208 g/mol. The fraction of sp³-hybridized carbons (Fsp3) is 0.600. The van der Waals surface area contributed by atoms with E-state index in [0.29, 0.717) is 18.1 Å². The fourth-order valence-corrected chi connectivity index (χ4v) is 2.76. The van der Waals surface area contributed by atoms with Crippen LogP contribution in [0.15, 0.2) is 30.3 Å². The molecule has 1 aliphatic heterocycles. The van der Waals surface area contributed by atoms with Crippen molar-refractivity contribution in [2.75, 3.05) is 13.1 Å². The highest BCUT2D eigenvalue weighted by Crippen LogP contribution is 2.25. The molecule has 1 aliphatic rings. The summed E-state index contributed by atoms with van der Waals surface area (Å²) in [5, 5.41) is 3.58. The standard InChI is InChI=1S/C15H24N2/c1-4-15-10-16-12(2)11-17(15)13(3)14-8-6-5-7-9-14/h5-9,12-13,15-16H,4,10-11H2,1-3H3. The van der Waals surface area contributed by atoms with E-state index < -0.39 is 0 Å². The first-order chi connectivity index (χ1) is 8.22. The Labute approximate surface area is 105 Å². The van der Waals surface area contributed by atoms with Crippen LogP contribution in [-0.4, -0.2) is 30.1 Å². The molecule has 1 heterocycles. The molecule has 1 N–H and O–H groups in total. The molecule has 2 nitrogen and oxygen atoms in total. The fourth-order valence-electron chi connectivity index (χ4n) is 2.76. The lowest BCUT2D eigenvalue weighted by molar-refractivity contribution is 0.0905. The van der Waals surface area contributed by atoms with Crippen molar-refractivity contribution in [1.82, 2.24) is 10.2 Å². The molecule has 1 aromatic carbocycles. The van der Waals surface area contributed by atoms with Gasteiger partial charge in [-0.3, -0.25) is 4.90 Å². The van der Waals surface area contributed by atoms with Crippen molar-refractivity contribution >= 4 is 0 Å². The van der Waals surface area contributed by atoms with E-state index in [1.54, 1.807) is 0 Å². The van der Waals surface area contributed by atoms with Crippen LogP contribution in [0.25, 0.3) is 0 Å². The van der Waals surface area contributed by atoms with E-state index in [1.807, 2.05) is 0 Å². The van der Waals surface area contributed by atoms with Crippen LogP contribution in [0.2, 0.25) is 0 Å². The van der Waals surface area contributed by atoms with Crippen LogP contribution in [0.4, 0.5) is 0 Å². The number of benzene rings is 1. The summed E-state index contributed by atoms with van der Waals surface area (Å²) in [4.78, 5) is 2.65. The Balaban J connectivity index is 2.13. The molecule has 0 aromatic heterocycles. The Morgan fingerprint density at radius 1 is 1.35 bits per heavy atom. The van der Waals surface area contributed by atoms with Crippen molar-refractivity contribution in [2.24, 2.45) is 0 Å². The molecule has 3 atom stereocenters. The second kappa shape index (κ2) is 5.65. The van der Waals surface area contributed by atoms with E-state index in [4.69, 9.17) is 0 Å². The molecule has 0 saturated carbocycles. The van der Waals surface area contributed by atoms with Gasteiger partial charge in [0.15, 0.2) is 0 Å². The molecule has 2 heteroatoms. The van der Waals surface area contributed by atoms with Crippen LogP contribution >= 0.6 is 0 Å². The third-order valence-corrected chi connectivity index (χ3v) is 3.91. The number of hydrogen-bond donors (Lipinski definition) is 1. The van der Waals surface area contributed by atoms with Gasteiger partial charge in [-0.15, -0.1) is 0 Å². The van der Waals surface area contributed by atoms with E-state index in [1.165, 1.54) is 12.0 Å². The van der Waals surface area contributed by atoms with Crippen molar-refractivity contribution in [3.8, 4) is 0 Å². The molecule has 1 saturated heterocycles. The first-order valence-electron chi connectivity index (χ1n) is 6.76. The van der Waals surface area contributed by atoms with Gasteiger partial charge < -0.3 is 5.32 Å². The predicted molar refractivity (Wildman–Crippen MR) is 73.1 cm³/mol. The average molecular weight is 232 g/mol. The summed E-state index contributed by atoms with van der Waals surface area (Å²) in [5.74, 6) is 0. The molecule has 17 heavy (non-hydrogen) atoms. The van der Waals surface area contributed by atoms with Crippen LogP contribution in [0.3, 0.4) is 0 Å². The van der Waals surface area contributed by atoms with Gasteiger partial charge >= 0.3 is 0 Å². The number of rotatable bonds is 3. The lowest BCUT2D eigenvalue weighted by Crippen LogP contribution is -2.55. The number of piperazine rings is 1. The minimum Gasteiger partial charge on any atom is -0.311 e. The van der Waals surface area contributed by atoms with Crippen molar-refractivity contribution in [3.63, 3.8) is 0 Å². The van der Waals surface area contributed by atoms with Crippen LogP contribution < -0.4 is 5.32 Å². The number of nitrogens with one attached hydrogen (secondary N) is 1. The Morgan fingerprint density at radius 3 is 2.71 bits per heavy atom. The van der Waals surface area contributed by atoms with Gasteiger partial charge in [-0.2, -0.15) is 0 Å². The van der Waals surface area contributed by atoms with Crippen molar-refractivity contribution in [1.29, 1.82) is 0 Å². The summed E-state index contributed by atoms with van der Waals surface area (Å²) < 4.78 is 0. The molecular formula is C15H24N2.